The van der Waals surface area contributed by atoms with Crippen LogP contribution in [-0.4, -0.2) is 38.1 Å². The van der Waals surface area contributed by atoms with Gasteiger partial charge in [0.25, 0.3) is 0 Å². The fourth-order valence-electron chi connectivity index (χ4n) is 2.78. The zero-order valence-corrected chi connectivity index (χ0v) is 13.0. The molecule has 0 unspecified atom stereocenters. The standard InChI is InChI=1S/C15H20ClF3N2/c1-20-7-5-12(6-8-20)21(2)14-4-3-11(10-16)9-13(14)15(17,18)19/h3-4,9,12H,5-8,10H2,1-2H3. The second-order valence-electron chi connectivity index (χ2n) is 5.63. The zero-order chi connectivity index (χ0) is 15.6. The van der Waals surface area contributed by atoms with Crippen LogP contribution in [0.15, 0.2) is 18.2 Å². The van der Waals surface area contributed by atoms with E-state index in [2.05, 4.69) is 4.90 Å². The number of anilines is 1. The Balaban J connectivity index is 2.29. The highest BCUT2D eigenvalue weighted by atomic mass is 35.5. The molecule has 21 heavy (non-hydrogen) atoms. The summed E-state index contributed by atoms with van der Waals surface area (Å²) in [5, 5.41) is 0. The van der Waals surface area contributed by atoms with Crippen molar-refractivity contribution in [1.82, 2.24) is 4.90 Å². The molecule has 0 aliphatic carbocycles. The first-order chi connectivity index (χ1) is 9.82. The molecule has 0 N–H and O–H groups in total. The predicted octanol–water partition coefficient (Wildman–Crippen LogP) is 3.97. The normalized spacial score (nSPS) is 18.0. The summed E-state index contributed by atoms with van der Waals surface area (Å²) in [6, 6.07) is 4.51. The molecule has 0 bridgehead atoms. The SMILES string of the molecule is CN1CCC(N(C)c2ccc(CCl)cc2C(F)(F)F)CC1. The van der Waals surface area contributed by atoms with Gasteiger partial charge in [-0.2, -0.15) is 13.2 Å². The Kier molecular flexibility index (Phi) is 5.04. The number of hydrogen-bond acceptors (Lipinski definition) is 2. The maximum absolute atomic E-state index is 13.3. The van der Waals surface area contributed by atoms with E-state index in [9.17, 15) is 13.2 Å². The molecule has 0 aromatic heterocycles. The van der Waals surface area contributed by atoms with E-state index in [0.717, 1.165) is 32.0 Å². The highest BCUT2D eigenvalue weighted by molar-refractivity contribution is 6.17. The Morgan fingerprint density at radius 3 is 2.43 bits per heavy atom. The quantitative estimate of drug-likeness (QED) is 0.777. The van der Waals surface area contributed by atoms with E-state index in [1.807, 2.05) is 7.05 Å². The smallest absolute Gasteiger partial charge is 0.371 e. The van der Waals surface area contributed by atoms with E-state index >= 15 is 0 Å². The summed E-state index contributed by atoms with van der Waals surface area (Å²) in [5.74, 6) is 0.0846. The van der Waals surface area contributed by atoms with Crippen LogP contribution in [0, 0.1) is 0 Å². The molecule has 1 aromatic carbocycles. The minimum Gasteiger partial charge on any atom is -0.371 e. The third-order valence-corrected chi connectivity index (χ3v) is 4.45. The van der Waals surface area contributed by atoms with E-state index in [0.29, 0.717) is 5.56 Å². The van der Waals surface area contributed by atoms with Crippen LogP contribution in [-0.2, 0) is 12.1 Å². The van der Waals surface area contributed by atoms with Gasteiger partial charge in [-0.25, -0.2) is 0 Å². The van der Waals surface area contributed by atoms with Gasteiger partial charge in [-0.05, 0) is 50.7 Å². The van der Waals surface area contributed by atoms with Gasteiger partial charge in [0.15, 0.2) is 0 Å². The molecule has 6 heteroatoms. The number of alkyl halides is 4. The third-order valence-electron chi connectivity index (χ3n) is 4.14. The molecule has 0 spiro atoms. The van der Waals surface area contributed by atoms with Crippen LogP contribution in [0.4, 0.5) is 18.9 Å². The van der Waals surface area contributed by atoms with E-state index in [4.69, 9.17) is 11.6 Å². The molecule has 0 amide bonds. The van der Waals surface area contributed by atoms with Crippen LogP contribution in [0.1, 0.15) is 24.0 Å². The second-order valence-corrected chi connectivity index (χ2v) is 5.90. The number of nitrogens with zero attached hydrogens (tertiary/aromatic N) is 2. The average Bonchev–Trinajstić information content (AvgIpc) is 2.46. The highest BCUT2D eigenvalue weighted by Crippen LogP contribution is 2.38. The van der Waals surface area contributed by atoms with Gasteiger partial charge < -0.3 is 9.80 Å². The van der Waals surface area contributed by atoms with E-state index in [-0.39, 0.29) is 17.6 Å². The molecule has 0 saturated carbocycles. The third kappa shape index (κ3) is 3.83. The van der Waals surface area contributed by atoms with Crippen molar-refractivity contribution in [1.29, 1.82) is 0 Å². The molecule has 0 atom stereocenters. The fraction of sp³-hybridized carbons (Fsp3) is 0.600. The molecular weight excluding hydrogens is 301 g/mol. The van der Waals surface area contributed by atoms with Gasteiger partial charge in [0.1, 0.15) is 0 Å². The van der Waals surface area contributed by atoms with Gasteiger partial charge in [-0.15, -0.1) is 11.6 Å². The second kappa shape index (κ2) is 6.44. The Bertz CT molecular complexity index is 482. The van der Waals surface area contributed by atoms with Gasteiger partial charge in [-0.1, -0.05) is 6.07 Å². The summed E-state index contributed by atoms with van der Waals surface area (Å²) in [7, 11) is 3.79. The Hall–Kier alpha value is -0.940. The van der Waals surface area contributed by atoms with Crippen LogP contribution in [0.2, 0.25) is 0 Å². The minimum absolute atomic E-state index is 0.0846. The lowest BCUT2D eigenvalue weighted by Crippen LogP contribution is -2.42. The first-order valence-electron chi connectivity index (χ1n) is 7.00. The molecule has 1 aliphatic heterocycles. The number of hydrogen-bond donors (Lipinski definition) is 0. The summed E-state index contributed by atoms with van der Waals surface area (Å²) >= 11 is 5.66. The van der Waals surface area contributed by atoms with Crippen LogP contribution in [0.3, 0.4) is 0 Å². The molecule has 2 rings (SSSR count). The van der Waals surface area contributed by atoms with Crippen LogP contribution in [0.5, 0.6) is 0 Å². The van der Waals surface area contributed by atoms with Crippen molar-refractivity contribution < 1.29 is 13.2 Å². The Labute approximate surface area is 128 Å². The molecule has 1 saturated heterocycles. The monoisotopic (exact) mass is 320 g/mol. The maximum Gasteiger partial charge on any atom is 0.418 e. The van der Waals surface area contributed by atoms with E-state index in [1.54, 1.807) is 24.1 Å². The van der Waals surface area contributed by atoms with Gasteiger partial charge in [0.05, 0.1) is 5.56 Å². The topological polar surface area (TPSA) is 6.48 Å². The molecule has 1 heterocycles. The minimum atomic E-state index is -4.36. The molecule has 118 valence electrons. The summed E-state index contributed by atoms with van der Waals surface area (Å²) in [6.07, 6.45) is -2.61. The number of likely N-dealkylation sites (tertiary alicyclic amines) is 1. The first kappa shape index (κ1) is 16.4. The van der Waals surface area contributed by atoms with Crippen LogP contribution < -0.4 is 4.90 Å². The molecular formula is C15H20ClF3N2. The van der Waals surface area contributed by atoms with Crippen molar-refractivity contribution in [2.75, 3.05) is 32.1 Å². The maximum atomic E-state index is 13.3. The number of rotatable bonds is 3. The first-order valence-corrected chi connectivity index (χ1v) is 7.54. The van der Waals surface area contributed by atoms with Gasteiger partial charge in [-0.3, -0.25) is 0 Å². The van der Waals surface area contributed by atoms with Gasteiger partial charge >= 0.3 is 6.18 Å². The summed E-state index contributed by atoms with van der Waals surface area (Å²) in [4.78, 5) is 3.97. The largest absolute Gasteiger partial charge is 0.418 e. The summed E-state index contributed by atoms with van der Waals surface area (Å²) in [5.41, 5.74) is 0.137. The molecule has 1 fully saturated rings. The zero-order valence-electron chi connectivity index (χ0n) is 12.3. The van der Waals surface area contributed by atoms with Crippen molar-refractivity contribution in [3.8, 4) is 0 Å². The van der Waals surface area contributed by atoms with Crippen molar-refractivity contribution in [2.24, 2.45) is 0 Å². The van der Waals surface area contributed by atoms with E-state index in [1.165, 1.54) is 0 Å². The van der Waals surface area contributed by atoms with Crippen LogP contribution in [0.25, 0.3) is 0 Å². The average molecular weight is 321 g/mol. The summed E-state index contributed by atoms with van der Waals surface area (Å²) in [6.45, 7) is 1.83. The van der Waals surface area contributed by atoms with Crippen molar-refractivity contribution >= 4 is 17.3 Å². The van der Waals surface area contributed by atoms with Gasteiger partial charge in [0, 0.05) is 24.7 Å². The van der Waals surface area contributed by atoms with E-state index < -0.39 is 11.7 Å². The lowest BCUT2D eigenvalue weighted by molar-refractivity contribution is -0.137. The lowest BCUT2D eigenvalue weighted by atomic mass is 10.0. The molecule has 1 aromatic rings. The molecule has 1 aliphatic rings. The Morgan fingerprint density at radius 1 is 1.29 bits per heavy atom. The Morgan fingerprint density at radius 2 is 1.90 bits per heavy atom. The number of piperidine rings is 1. The lowest BCUT2D eigenvalue weighted by Gasteiger charge is -2.37. The van der Waals surface area contributed by atoms with Gasteiger partial charge in [0.2, 0.25) is 0 Å². The predicted molar refractivity (Wildman–Crippen MR) is 79.9 cm³/mol. The molecule has 0 radical (unpaired) electrons. The molecule has 2 nitrogen and oxygen atoms in total. The fourth-order valence-corrected chi connectivity index (χ4v) is 2.95. The van der Waals surface area contributed by atoms with Crippen molar-refractivity contribution in [2.45, 2.75) is 30.9 Å². The highest BCUT2D eigenvalue weighted by Gasteiger charge is 2.36. The van der Waals surface area contributed by atoms with Crippen molar-refractivity contribution in [3.05, 3.63) is 29.3 Å². The van der Waals surface area contributed by atoms with Crippen LogP contribution >= 0.6 is 11.6 Å². The van der Waals surface area contributed by atoms with Crippen molar-refractivity contribution in [3.63, 3.8) is 0 Å². The number of halogens is 4. The summed E-state index contributed by atoms with van der Waals surface area (Å²) < 4.78 is 39.8. The number of benzene rings is 1.